The van der Waals surface area contributed by atoms with Crippen molar-refractivity contribution in [2.45, 2.75) is 57.9 Å². The zero-order chi connectivity index (χ0) is 14.5. The molecular formula is C12H24N2O4S. The highest BCUT2D eigenvalue weighted by Crippen LogP contribution is 2.32. The molecule has 0 atom stereocenters. The molecule has 1 saturated carbocycles. The minimum atomic E-state index is -3.61. The van der Waals surface area contributed by atoms with Gasteiger partial charge in [-0.1, -0.05) is 33.1 Å². The average molecular weight is 292 g/mol. The van der Waals surface area contributed by atoms with Crippen LogP contribution >= 0.6 is 0 Å². The van der Waals surface area contributed by atoms with Gasteiger partial charge in [-0.05, 0) is 12.8 Å². The Kier molecular flexibility index (Phi) is 5.76. The summed E-state index contributed by atoms with van der Waals surface area (Å²) >= 11 is 0. The van der Waals surface area contributed by atoms with E-state index < -0.39 is 21.7 Å². The lowest BCUT2D eigenvalue weighted by Crippen LogP contribution is -2.55. The molecule has 0 saturated heterocycles. The number of carboxylic acid groups (broad SMARTS) is 1. The molecule has 0 unspecified atom stereocenters. The van der Waals surface area contributed by atoms with Crippen molar-refractivity contribution in [3.8, 4) is 0 Å². The molecule has 0 heterocycles. The van der Waals surface area contributed by atoms with Crippen molar-refractivity contribution in [2.75, 3.05) is 13.1 Å². The van der Waals surface area contributed by atoms with E-state index in [0.717, 1.165) is 19.3 Å². The molecule has 112 valence electrons. The number of hydrogen-bond acceptors (Lipinski definition) is 3. The zero-order valence-electron chi connectivity index (χ0n) is 11.7. The molecule has 1 fully saturated rings. The monoisotopic (exact) mass is 292 g/mol. The van der Waals surface area contributed by atoms with E-state index in [0.29, 0.717) is 25.9 Å². The molecule has 0 radical (unpaired) electrons. The molecule has 1 rings (SSSR count). The maximum Gasteiger partial charge on any atom is 0.305 e. The van der Waals surface area contributed by atoms with Gasteiger partial charge in [-0.25, -0.2) is 0 Å². The van der Waals surface area contributed by atoms with Crippen LogP contribution in [0.3, 0.4) is 0 Å². The van der Waals surface area contributed by atoms with E-state index in [-0.39, 0.29) is 6.42 Å². The van der Waals surface area contributed by atoms with Crippen LogP contribution in [-0.4, -0.2) is 42.4 Å². The SMILES string of the molecule is CCN(CC)S(=O)(=O)NC1(CC(=O)O)CCCCC1. The quantitative estimate of drug-likeness (QED) is 0.741. The first-order valence-corrected chi connectivity index (χ1v) is 8.30. The number of carboxylic acids is 1. The van der Waals surface area contributed by atoms with Crippen LogP contribution in [-0.2, 0) is 15.0 Å². The maximum atomic E-state index is 12.3. The van der Waals surface area contributed by atoms with Gasteiger partial charge >= 0.3 is 5.97 Å². The average Bonchev–Trinajstić information content (AvgIpc) is 2.28. The van der Waals surface area contributed by atoms with Crippen LogP contribution in [0.25, 0.3) is 0 Å². The van der Waals surface area contributed by atoms with E-state index >= 15 is 0 Å². The lowest BCUT2D eigenvalue weighted by atomic mass is 9.80. The standard InChI is InChI=1S/C12H24N2O4S/c1-3-14(4-2)19(17,18)13-12(10-11(15)16)8-6-5-7-9-12/h13H,3-10H2,1-2H3,(H,15,16). The number of rotatable bonds is 7. The van der Waals surface area contributed by atoms with Crippen LogP contribution in [0.1, 0.15) is 52.4 Å². The number of nitrogens with zero attached hydrogens (tertiary/aromatic N) is 1. The lowest BCUT2D eigenvalue weighted by molar-refractivity contribution is -0.138. The summed E-state index contributed by atoms with van der Waals surface area (Å²) < 4.78 is 28.5. The molecular weight excluding hydrogens is 268 g/mol. The van der Waals surface area contributed by atoms with Crippen molar-refractivity contribution in [3.63, 3.8) is 0 Å². The number of aliphatic carboxylic acids is 1. The van der Waals surface area contributed by atoms with E-state index in [1.807, 2.05) is 0 Å². The normalized spacial score (nSPS) is 19.5. The maximum absolute atomic E-state index is 12.3. The second-order valence-electron chi connectivity index (χ2n) is 5.10. The summed E-state index contributed by atoms with van der Waals surface area (Å²) in [5.74, 6) is -0.954. The summed E-state index contributed by atoms with van der Waals surface area (Å²) in [5, 5.41) is 9.03. The van der Waals surface area contributed by atoms with E-state index in [1.165, 1.54) is 4.31 Å². The zero-order valence-corrected chi connectivity index (χ0v) is 12.5. The van der Waals surface area contributed by atoms with Crippen molar-refractivity contribution >= 4 is 16.2 Å². The van der Waals surface area contributed by atoms with Gasteiger partial charge in [0.1, 0.15) is 0 Å². The van der Waals surface area contributed by atoms with Crippen LogP contribution in [0.15, 0.2) is 0 Å². The lowest BCUT2D eigenvalue weighted by Gasteiger charge is -2.38. The van der Waals surface area contributed by atoms with Crippen molar-refractivity contribution in [3.05, 3.63) is 0 Å². The van der Waals surface area contributed by atoms with Crippen LogP contribution in [0, 0.1) is 0 Å². The summed E-state index contributed by atoms with van der Waals surface area (Å²) in [6.07, 6.45) is 3.82. The van der Waals surface area contributed by atoms with Gasteiger partial charge in [0, 0.05) is 18.6 Å². The molecule has 2 N–H and O–H groups in total. The van der Waals surface area contributed by atoms with Crippen LogP contribution in [0.5, 0.6) is 0 Å². The fourth-order valence-corrected chi connectivity index (χ4v) is 4.37. The molecule has 0 aromatic rings. The number of hydrogen-bond donors (Lipinski definition) is 2. The van der Waals surface area contributed by atoms with Crippen molar-refractivity contribution < 1.29 is 18.3 Å². The summed E-state index contributed by atoms with van der Waals surface area (Å²) in [6.45, 7) is 4.31. The summed E-state index contributed by atoms with van der Waals surface area (Å²) in [7, 11) is -3.61. The molecule has 0 bridgehead atoms. The Hall–Kier alpha value is -0.660. The second-order valence-corrected chi connectivity index (χ2v) is 6.77. The molecule has 1 aliphatic rings. The van der Waals surface area contributed by atoms with Crippen molar-refractivity contribution in [2.24, 2.45) is 0 Å². The fourth-order valence-electron chi connectivity index (χ4n) is 2.73. The highest BCUT2D eigenvalue weighted by atomic mass is 32.2. The molecule has 19 heavy (non-hydrogen) atoms. The van der Waals surface area contributed by atoms with Gasteiger partial charge in [0.2, 0.25) is 0 Å². The van der Waals surface area contributed by atoms with Crippen molar-refractivity contribution in [1.82, 2.24) is 9.03 Å². The van der Waals surface area contributed by atoms with Gasteiger partial charge in [0.25, 0.3) is 10.2 Å². The largest absolute Gasteiger partial charge is 0.481 e. The topological polar surface area (TPSA) is 86.7 Å². The fraction of sp³-hybridized carbons (Fsp3) is 0.917. The Morgan fingerprint density at radius 2 is 1.74 bits per heavy atom. The smallest absolute Gasteiger partial charge is 0.305 e. The third-order valence-electron chi connectivity index (χ3n) is 3.69. The summed E-state index contributed by atoms with van der Waals surface area (Å²) in [5.41, 5.74) is -0.814. The summed E-state index contributed by atoms with van der Waals surface area (Å²) in [6, 6.07) is 0. The van der Waals surface area contributed by atoms with E-state index in [4.69, 9.17) is 5.11 Å². The highest BCUT2D eigenvalue weighted by molar-refractivity contribution is 7.87. The molecule has 0 spiro atoms. The third kappa shape index (κ3) is 4.43. The molecule has 0 aromatic carbocycles. The van der Waals surface area contributed by atoms with E-state index in [2.05, 4.69) is 4.72 Å². The Morgan fingerprint density at radius 1 is 1.21 bits per heavy atom. The first-order valence-electron chi connectivity index (χ1n) is 6.86. The second kappa shape index (κ2) is 6.67. The van der Waals surface area contributed by atoms with E-state index in [9.17, 15) is 13.2 Å². The minimum Gasteiger partial charge on any atom is -0.481 e. The molecule has 6 nitrogen and oxygen atoms in total. The predicted octanol–water partition coefficient (Wildman–Crippen LogP) is 1.34. The van der Waals surface area contributed by atoms with E-state index in [1.54, 1.807) is 13.8 Å². The van der Waals surface area contributed by atoms with Crippen LogP contribution in [0.2, 0.25) is 0 Å². The first kappa shape index (κ1) is 16.4. The third-order valence-corrected chi connectivity index (χ3v) is 5.58. The number of nitrogens with one attached hydrogen (secondary N) is 1. The molecule has 1 aliphatic carbocycles. The van der Waals surface area contributed by atoms with Crippen LogP contribution in [0.4, 0.5) is 0 Å². The Bertz CT molecular complexity index is 398. The predicted molar refractivity (Wildman–Crippen MR) is 73.0 cm³/mol. The van der Waals surface area contributed by atoms with Gasteiger partial charge in [-0.3, -0.25) is 4.79 Å². The van der Waals surface area contributed by atoms with Gasteiger partial charge in [0.05, 0.1) is 6.42 Å². The Morgan fingerprint density at radius 3 is 2.16 bits per heavy atom. The van der Waals surface area contributed by atoms with Crippen LogP contribution < -0.4 is 4.72 Å². The molecule has 0 amide bonds. The number of carbonyl (C=O) groups is 1. The molecule has 7 heteroatoms. The van der Waals surface area contributed by atoms with Gasteiger partial charge in [0.15, 0.2) is 0 Å². The van der Waals surface area contributed by atoms with Gasteiger partial charge < -0.3 is 5.11 Å². The van der Waals surface area contributed by atoms with Crippen molar-refractivity contribution in [1.29, 1.82) is 0 Å². The van der Waals surface area contributed by atoms with Gasteiger partial charge in [-0.15, -0.1) is 0 Å². The molecule has 0 aromatic heterocycles. The molecule has 0 aliphatic heterocycles. The Balaban J connectivity index is 2.91. The minimum absolute atomic E-state index is 0.145. The Labute approximate surface area is 115 Å². The first-order chi connectivity index (χ1) is 8.85. The van der Waals surface area contributed by atoms with Gasteiger partial charge in [-0.2, -0.15) is 17.4 Å². The summed E-state index contributed by atoms with van der Waals surface area (Å²) in [4.78, 5) is 11.0. The highest BCUT2D eigenvalue weighted by Gasteiger charge is 2.39.